The van der Waals surface area contributed by atoms with E-state index in [1.54, 1.807) is 0 Å². The first kappa shape index (κ1) is 16.5. The topological polar surface area (TPSA) is 41.1 Å². The second-order valence-corrected chi connectivity index (χ2v) is 6.57. The lowest BCUT2D eigenvalue weighted by molar-refractivity contribution is -0.124. The Bertz CT molecular complexity index is 452. The summed E-state index contributed by atoms with van der Waals surface area (Å²) in [5.41, 5.74) is 1.15. The number of halogens is 1. The summed E-state index contributed by atoms with van der Waals surface area (Å²) in [6.45, 7) is 6.00. The van der Waals surface area contributed by atoms with E-state index in [-0.39, 0.29) is 12.0 Å². The van der Waals surface area contributed by atoms with Crippen LogP contribution in [0.15, 0.2) is 24.3 Å². The number of carbonyl (C=O) groups excluding carboxylic acids is 1. The molecule has 1 aromatic rings. The van der Waals surface area contributed by atoms with Gasteiger partial charge in [0.15, 0.2) is 5.78 Å². The van der Waals surface area contributed by atoms with Gasteiger partial charge in [0.2, 0.25) is 0 Å². The first-order valence-electron chi connectivity index (χ1n) is 7.81. The third-order valence-electron chi connectivity index (χ3n) is 4.04. The molecule has 1 fully saturated rings. The molecule has 0 bridgehead atoms. The van der Waals surface area contributed by atoms with Crippen LogP contribution in [0, 0.1) is 5.92 Å². The predicted octanol–water partition coefficient (Wildman–Crippen LogP) is 2.82. The SMILES string of the molecule is CC(C)C(=O)[C@@H](Cc1ccc(Cl)cc1)NC1CCNCC1. The lowest BCUT2D eigenvalue weighted by Crippen LogP contribution is -2.49. The third kappa shape index (κ3) is 5.10. The summed E-state index contributed by atoms with van der Waals surface area (Å²) in [6.07, 6.45) is 2.91. The summed E-state index contributed by atoms with van der Waals surface area (Å²) in [5.74, 6) is 0.347. The van der Waals surface area contributed by atoms with Crippen molar-refractivity contribution in [3.05, 3.63) is 34.9 Å². The van der Waals surface area contributed by atoms with Crippen LogP contribution in [0.4, 0.5) is 0 Å². The van der Waals surface area contributed by atoms with Crippen molar-refractivity contribution < 1.29 is 4.79 Å². The number of ketones is 1. The first-order chi connectivity index (χ1) is 10.1. The number of Topliss-reactive ketones (excluding diaryl/α,β-unsaturated/α-hetero) is 1. The van der Waals surface area contributed by atoms with Gasteiger partial charge in [0.25, 0.3) is 0 Å². The van der Waals surface area contributed by atoms with Crippen LogP contribution in [0.25, 0.3) is 0 Å². The van der Waals surface area contributed by atoms with Gasteiger partial charge in [-0.1, -0.05) is 37.6 Å². The van der Waals surface area contributed by atoms with Crippen molar-refractivity contribution in [2.75, 3.05) is 13.1 Å². The van der Waals surface area contributed by atoms with Gasteiger partial charge >= 0.3 is 0 Å². The molecule has 116 valence electrons. The van der Waals surface area contributed by atoms with Gasteiger partial charge < -0.3 is 10.6 Å². The lowest BCUT2D eigenvalue weighted by Gasteiger charge is -2.29. The molecule has 4 heteroatoms. The quantitative estimate of drug-likeness (QED) is 0.849. The van der Waals surface area contributed by atoms with Crippen LogP contribution in [0.1, 0.15) is 32.3 Å². The summed E-state index contributed by atoms with van der Waals surface area (Å²) in [6, 6.07) is 8.12. The van der Waals surface area contributed by atoms with E-state index in [1.165, 1.54) is 0 Å². The summed E-state index contributed by atoms with van der Waals surface area (Å²) in [4.78, 5) is 12.5. The normalized spacial score (nSPS) is 17.9. The molecule has 0 aromatic heterocycles. The van der Waals surface area contributed by atoms with Crippen LogP contribution in [-0.2, 0) is 11.2 Å². The largest absolute Gasteiger partial charge is 0.317 e. The molecule has 0 radical (unpaired) electrons. The summed E-state index contributed by atoms with van der Waals surface area (Å²) in [7, 11) is 0. The zero-order valence-corrected chi connectivity index (χ0v) is 13.6. The van der Waals surface area contributed by atoms with Crippen molar-refractivity contribution in [1.82, 2.24) is 10.6 Å². The number of hydrogen-bond donors (Lipinski definition) is 2. The third-order valence-corrected chi connectivity index (χ3v) is 4.29. The number of carbonyl (C=O) groups is 1. The molecular formula is C17H25ClN2O. The second kappa shape index (κ2) is 7.92. The Kier molecular flexibility index (Phi) is 6.22. The zero-order chi connectivity index (χ0) is 15.2. The van der Waals surface area contributed by atoms with Crippen molar-refractivity contribution in [2.45, 2.75) is 45.2 Å². The molecule has 1 aliphatic heterocycles. The Morgan fingerprint density at radius 2 is 1.90 bits per heavy atom. The van der Waals surface area contributed by atoms with E-state index in [0.29, 0.717) is 11.8 Å². The van der Waals surface area contributed by atoms with E-state index >= 15 is 0 Å². The zero-order valence-electron chi connectivity index (χ0n) is 12.9. The molecule has 0 unspecified atom stereocenters. The predicted molar refractivity (Wildman–Crippen MR) is 87.8 cm³/mol. The molecule has 1 aromatic carbocycles. The summed E-state index contributed by atoms with van der Waals surface area (Å²) >= 11 is 5.93. The molecule has 1 atom stereocenters. The highest BCUT2D eigenvalue weighted by Gasteiger charge is 2.25. The average Bonchev–Trinajstić information content (AvgIpc) is 2.49. The minimum absolute atomic E-state index is 0.0523. The smallest absolute Gasteiger partial charge is 0.152 e. The van der Waals surface area contributed by atoms with E-state index in [1.807, 2.05) is 38.1 Å². The van der Waals surface area contributed by atoms with Crippen LogP contribution >= 0.6 is 11.6 Å². The average molecular weight is 309 g/mol. The second-order valence-electron chi connectivity index (χ2n) is 6.13. The van der Waals surface area contributed by atoms with Gasteiger partial charge in [0.05, 0.1) is 6.04 Å². The maximum Gasteiger partial charge on any atom is 0.152 e. The Balaban J connectivity index is 2.04. The number of nitrogens with one attached hydrogen (secondary N) is 2. The molecule has 0 saturated carbocycles. The van der Waals surface area contributed by atoms with Crippen LogP contribution in [0.5, 0.6) is 0 Å². The van der Waals surface area contributed by atoms with Crippen molar-refractivity contribution in [3.8, 4) is 0 Å². The summed E-state index contributed by atoms with van der Waals surface area (Å²) < 4.78 is 0. The summed E-state index contributed by atoms with van der Waals surface area (Å²) in [5, 5.41) is 7.67. The molecule has 1 heterocycles. The van der Waals surface area contributed by atoms with Gasteiger partial charge in [-0.3, -0.25) is 4.79 Å². The van der Waals surface area contributed by atoms with Gasteiger partial charge in [0.1, 0.15) is 0 Å². The molecule has 0 amide bonds. The Hall–Kier alpha value is -0.900. The maximum atomic E-state index is 12.5. The number of benzene rings is 1. The minimum atomic E-state index is -0.103. The Morgan fingerprint density at radius 3 is 2.48 bits per heavy atom. The van der Waals surface area contributed by atoms with Gasteiger partial charge in [-0.15, -0.1) is 0 Å². The monoisotopic (exact) mass is 308 g/mol. The highest BCUT2D eigenvalue weighted by atomic mass is 35.5. The molecule has 1 saturated heterocycles. The van der Waals surface area contributed by atoms with Gasteiger partial charge in [-0.25, -0.2) is 0 Å². The molecule has 2 rings (SSSR count). The highest BCUT2D eigenvalue weighted by Crippen LogP contribution is 2.14. The van der Waals surface area contributed by atoms with Crippen LogP contribution in [0.3, 0.4) is 0 Å². The highest BCUT2D eigenvalue weighted by molar-refractivity contribution is 6.30. The molecule has 3 nitrogen and oxygen atoms in total. The van der Waals surface area contributed by atoms with Crippen molar-refractivity contribution in [1.29, 1.82) is 0 Å². The molecule has 21 heavy (non-hydrogen) atoms. The van der Waals surface area contributed by atoms with Gasteiger partial charge in [0, 0.05) is 17.0 Å². The molecule has 1 aliphatic rings. The van der Waals surface area contributed by atoms with E-state index in [4.69, 9.17) is 11.6 Å². The number of hydrogen-bond acceptors (Lipinski definition) is 3. The van der Waals surface area contributed by atoms with Gasteiger partial charge in [-0.2, -0.15) is 0 Å². The van der Waals surface area contributed by atoms with Crippen LogP contribution in [-0.4, -0.2) is 31.0 Å². The van der Waals surface area contributed by atoms with Crippen LogP contribution < -0.4 is 10.6 Å². The van der Waals surface area contributed by atoms with E-state index in [2.05, 4.69) is 10.6 Å². The standard InChI is InChI=1S/C17H25ClN2O/c1-12(2)17(21)16(20-15-7-9-19-10-8-15)11-13-3-5-14(18)6-4-13/h3-6,12,15-16,19-20H,7-11H2,1-2H3/t16-/m1/s1. The lowest BCUT2D eigenvalue weighted by atomic mass is 9.94. The Morgan fingerprint density at radius 1 is 1.29 bits per heavy atom. The minimum Gasteiger partial charge on any atom is -0.317 e. The van der Waals surface area contributed by atoms with Crippen LogP contribution in [0.2, 0.25) is 5.02 Å². The van der Waals surface area contributed by atoms with Crippen molar-refractivity contribution >= 4 is 17.4 Å². The fraction of sp³-hybridized carbons (Fsp3) is 0.588. The number of piperidine rings is 1. The number of rotatable bonds is 6. The van der Waals surface area contributed by atoms with Gasteiger partial charge in [-0.05, 0) is 50.0 Å². The molecular weight excluding hydrogens is 284 g/mol. The van der Waals surface area contributed by atoms with E-state index in [9.17, 15) is 4.79 Å². The van der Waals surface area contributed by atoms with E-state index < -0.39 is 0 Å². The Labute approximate surface area is 132 Å². The maximum absolute atomic E-state index is 12.5. The van der Waals surface area contributed by atoms with Crippen molar-refractivity contribution in [3.63, 3.8) is 0 Å². The molecule has 2 N–H and O–H groups in total. The fourth-order valence-electron chi connectivity index (χ4n) is 2.77. The first-order valence-corrected chi connectivity index (χ1v) is 8.19. The van der Waals surface area contributed by atoms with Crippen molar-refractivity contribution in [2.24, 2.45) is 5.92 Å². The molecule has 0 spiro atoms. The van der Waals surface area contributed by atoms with E-state index in [0.717, 1.165) is 42.9 Å². The molecule has 0 aliphatic carbocycles. The fourth-order valence-corrected chi connectivity index (χ4v) is 2.90.